The number of ether oxygens (including phenoxy) is 1. The smallest absolute Gasteiger partial charge is 0.430 e. The summed E-state index contributed by atoms with van der Waals surface area (Å²) in [4.78, 5) is 38.8. The van der Waals surface area contributed by atoms with Crippen LogP contribution < -0.4 is 10.9 Å². The van der Waals surface area contributed by atoms with E-state index in [0.29, 0.717) is 5.01 Å². The van der Waals surface area contributed by atoms with Gasteiger partial charge in [0.2, 0.25) is 0 Å². The van der Waals surface area contributed by atoms with E-state index in [4.69, 9.17) is 5.84 Å². The number of nitro benzene ring substituents is 2. The van der Waals surface area contributed by atoms with Crippen molar-refractivity contribution in [3.8, 4) is 6.01 Å². The van der Waals surface area contributed by atoms with Crippen LogP contribution in [0.2, 0.25) is 0 Å². The minimum absolute atomic E-state index is 0.00679. The summed E-state index contributed by atoms with van der Waals surface area (Å²) in [5.41, 5.74) is -1.90. The van der Waals surface area contributed by atoms with Crippen LogP contribution in [0.25, 0.3) is 10.9 Å². The Balaban J connectivity index is 2.77. The second-order valence-electron chi connectivity index (χ2n) is 4.29. The van der Waals surface area contributed by atoms with Crippen LogP contribution in [-0.2, 0) is 4.74 Å². The molecule has 0 fully saturated rings. The number of hydrazine groups is 1. The van der Waals surface area contributed by atoms with E-state index in [-0.39, 0.29) is 17.5 Å². The standard InChI is InChI=1S/C11H10N6O7/c1-2-24-11(19)15(12)9-5-3-7(16(20)21)8(17(22)23)4-6(5)13-10(18)14-9/h3-4H,2,12H2,1H3,(H,13,14,18). The highest BCUT2D eigenvalue weighted by atomic mass is 16.6. The Bertz CT molecular complexity index is 854. The number of rotatable bonds is 4. The number of anilines is 1. The zero-order valence-electron chi connectivity index (χ0n) is 12.1. The van der Waals surface area contributed by atoms with Crippen LogP contribution in [0.3, 0.4) is 0 Å². The minimum atomic E-state index is -1.04. The first kappa shape index (κ1) is 16.8. The Kier molecular flexibility index (Phi) is 4.36. The number of benzene rings is 1. The van der Waals surface area contributed by atoms with E-state index in [2.05, 4.69) is 14.7 Å². The monoisotopic (exact) mass is 338 g/mol. The molecule has 0 spiro atoms. The summed E-state index contributed by atoms with van der Waals surface area (Å²) in [6, 6.07) is 0.735. The third kappa shape index (κ3) is 2.95. The van der Waals surface area contributed by atoms with E-state index < -0.39 is 39.1 Å². The van der Waals surface area contributed by atoms with Gasteiger partial charge in [0.15, 0.2) is 5.82 Å². The molecule has 126 valence electrons. The van der Waals surface area contributed by atoms with Crippen molar-refractivity contribution < 1.29 is 24.5 Å². The Morgan fingerprint density at radius 3 is 2.42 bits per heavy atom. The third-order valence-corrected chi connectivity index (χ3v) is 2.85. The zero-order valence-corrected chi connectivity index (χ0v) is 12.1. The number of hydrogen-bond donors (Lipinski definition) is 2. The van der Waals surface area contributed by atoms with E-state index in [0.717, 1.165) is 12.1 Å². The van der Waals surface area contributed by atoms with E-state index in [1.165, 1.54) is 6.92 Å². The maximum absolute atomic E-state index is 11.7. The van der Waals surface area contributed by atoms with Crippen molar-refractivity contribution in [1.82, 2.24) is 9.97 Å². The van der Waals surface area contributed by atoms with Crippen molar-refractivity contribution in [2.45, 2.75) is 6.92 Å². The van der Waals surface area contributed by atoms with Gasteiger partial charge in [-0.05, 0) is 6.92 Å². The molecule has 0 aliphatic rings. The predicted molar refractivity (Wildman–Crippen MR) is 78.2 cm³/mol. The molecule has 0 radical (unpaired) electrons. The number of amides is 1. The highest BCUT2D eigenvalue weighted by Crippen LogP contribution is 2.35. The summed E-state index contributed by atoms with van der Waals surface area (Å²) in [7, 11) is 0. The van der Waals surface area contributed by atoms with Gasteiger partial charge in [-0.15, -0.1) is 0 Å². The Morgan fingerprint density at radius 2 is 1.88 bits per heavy atom. The van der Waals surface area contributed by atoms with Gasteiger partial charge in [-0.2, -0.15) is 15.0 Å². The van der Waals surface area contributed by atoms with Gasteiger partial charge in [-0.3, -0.25) is 20.2 Å². The van der Waals surface area contributed by atoms with Crippen LogP contribution in [0.1, 0.15) is 6.92 Å². The van der Waals surface area contributed by atoms with Crippen LogP contribution in [0, 0.1) is 20.2 Å². The molecule has 1 amide bonds. The maximum atomic E-state index is 11.7. The molecule has 0 unspecified atom stereocenters. The molecule has 13 nitrogen and oxygen atoms in total. The van der Waals surface area contributed by atoms with Crippen molar-refractivity contribution in [2.75, 3.05) is 11.6 Å². The largest absolute Gasteiger partial charge is 0.479 e. The zero-order chi connectivity index (χ0) is 18.0. The van der Waals surface area contributed by atoms with Crippen LogP contribution in [0.15, 0.2) is 12.1 Å². The Morgan fingerprint density at radius 1 is 1.29 bits per heavy atom. The third-order valence-electron chi connectivity index (χ3n) is 2.85. The van der Waals surface area contributed by atoms with Gasteiger partial charge in [-0.25, -0.2) is 10.6 Å². The van der Waals surface area contributed by atoms with E-state index in [9.17, 15) is 30.1 Å². The molecule has 0 bridgehead atoms. The summed E-state index contributed by atoms with van der Waals surface area (Å²) >= 11 is 0. The Hall–Kier alpha value is -3.61. The van der Waals surface area contributed by atoms with Gasteiger partial charge >= 0.3 is 23.5 Å². The number of aromatic hydroxyl groups is 1. The molecule has 0 aliphatic carbocycles. The molecule has 0 saturated carbocycles. The molecular weight excluding hydrogens is 328 g/mol. The topological polar surface area (TPSA) is 188 Å². The fourth-order valence-corrected chi connectivity index (χ4v) is 1.88. The van der Waals surface area contributed by atoms with Gasteiger partial charge in [0, 0.05) is 6.07 Å². The van der Waals surface area contributed by atoms with Crippen LogP contribution in [0.5, 0.6) is 6.01 Å². The number of carbonyl (C=O) groups is 1. The fourth-order valence-electron chi connectivity index (χ4n) is 1.88. The second kappa shape index (κ2) is 6.25. The number of nitrogens with zero attached hydrogens (tertiary/aromatic N) is 5. The number of nitro groups is 2. The van der Waals surface area contributed by atoms with E-state index in [1.54, 1.807) is 0 Å². The van der Waals surface area contributed by atoms with Crippen molar-refractivity contribution >= 4 is 34.2 Å². The predicted octanol–water partition coefficient (Wildman–Crippen LogP) is 0.988. The molecule has 0 aliphatic heterocycles. The molecule has 0 atom stereocenters. The molecular formula is C11H10N6O7. The molecule has 0 saturated heterocycles. The summed E-state index contributed by atoms with van der Waals surface area (Å²) in [6.45, 7) is 1.52. The van der Waals surface area contributed by atoms with E-state index in [1.807, 2.05) is 0 Å². The van der Waals surface area contributed by atoms with Gasteiger partial charge in [0.1, 0.15) is 0 Å². The SMILES string of the molecule is CCOC(=O)N(N)c1nc(O)nc2cc([N+](=O)[O-])c([N+](=O)[O-])cc12. The van der Waals surface area contributed by atoms with Crippen LogP contribution >= 0.6 is 0 Å². The average Bonchev–Trinajstić information content (AvgIpc) is 2.52. The molecule has 1 aromatic carbocycles. The van der Waals surface area contributed by atoms with Crippen LogP contribution in [0.4, 0.5) is 22.0 Å². The number of aromatic nitrogens is 2. The molecule has 2 rings (SSSR count). The lowest BCUT2D eigenvalue weighted by Gasteiger charge is -2.16. The number of carbonyl (C=O) groups excluding carboxylic acids is 1. The molecule has 13 heteroatoms. The first-order valence-electron chi connectivity index (χ1n) is 6.31. The van der Waals surface area contributed by atoms with Crippen molar-refractivity contribution in [1.29, 1.82) is 0 Å². The van der Waals surface area contributed by atoms with Gasteiger partial charge in [0.05, 0.1) is 33.4 Å². The van der Waals surface area contributed by atoms with Crippen molar-refractivity contribution in [3.63, 3.8) is 0 Å². The highest BCUT2D eigenvalue weighted by molar-refractivity contribution is 5.99. The first-order valence-corrected chi connectivity index (χ1v) is 6.31. The highest BCUT2D eigenvalue weighted by Gasteiger charge is 2.28. The molecule has 1 aromatic heterocycles. The van der Waals surface area contributed by atoms with Gasteiger partial charge in [-0.1, -0.05) is 0 Å². The summed E-state index contributed by atoms with van der Waals surface area (Å²) in [5, 5.41) is 31.8. The van der Waals surface area contributed by atoms with Gasteiger partial charge < -0.3 is 9.84 Å². The summed E-state index contributed by atoms with van der Waals surface area (Å²) in [5.74, 6) is 5.13. The van der Waals surface area contributed by atoms with Gasteiger partial charge in [0.25, 0.3) is 0 Å². The molecule has 2 aromatic rings. The average molecular weight is 338 g/mol. The normalized spacial score (nSPS) is 10.4. The first-order chi connectivity index (χ1) is 11.3. The fraction of sp³-hybridized carbons (Fsp3) is 0.182. The molecule has 1 heterocycles. The Labute approximate surface area is 132 Å². The van der Waals surface area contributed by atoms with E-state index >= 15 is 0 Å². The molecule has 24 heavy (non-hydrogen) atoms. The number of nitrogens with two attached hydrogens (primary N) is 1. The maximum Gasteiger partial charge on any atom is 0.430 e. The van der Waals surface area contributed by atoms with Crippen molar-refractivity contribution in [3.05, 3.63) is 32.4 Å². The molecule has 3 N–H and O–H groups in total. The second-order valence-corrected chi connectivity index (χ2v) is 4.29. The summed E-state index contributed by atoms with van der Waals surface area (Å²) in [6.07, 6.45) is -1.04. The quantitative estimate of drug-likeness (QED) is 0.352. The lowest BCUT2D eigenvalue weighted by molar-refractivity contribution is -0.422. The number of hydrogen-bond acceptors (Lipinski definition) is 10. The minimum Gasteiger partial charge on any atom is -0.479 e. The van der Waals surface area contributed by atoms with Crippen LogP contribution in [-0.4, -0.2) is 37.6 Å². The lowest BCUT2D eigenvalue weighted by Crippen LogP contribution is -2.38. The number of fused-ring (bicyclic) bond motifs is 1. The summed E-state index contributed by atoms with van der Waals surface area (Å²) < 4.78 is 4.66. The lowest BCUT2D eigenvalue weighted by atomic mass is 10.2. The van der Waals surface area contributed by atoms with Crippen molar-refractivity contribution in [2.24, 2.45) is 5.84 Å².